The van der Waals surface area contributed by atoms with E-state index in [1.54, 1.807) is 53.6 Å². The van der Waals surface area contributed by atoms with Crippen molar-refractivity contribution in [2.75, 3.05) is 77.9 Å². The van der Waals surface area contributed by atoms with Crippen molar-refractivity contribution in [3.05, 3.63) is 129 Å². The number of halogens is 1. The number of nitrogens with one attached hydrogen (secondary N) is 3. The molecular formula is C62H77FN12O8. The van der Waals surface area contributed by atoms with Crippen LogP contribution >= 0.6 is 0 Å². The van der Waals surface area contributed by atoms with Crippen LogP contribution in [0.5, 0.6) is 5.75 Å². The van der Waals surface area contributed by atoms with E-state index in [9.17, 15) is 28.4 Å². The molecule has 1 saturated heterocycles. The zero-order valence-corrected chi connectivity index (χ0v) is 48.6. The monoisotopic (exact) mass is 1140 g/mol. The number of carbonyl (C=O) groups excluding carboxylic acids is 5. The molecule has 5 atom stereocenters. The highest BCUT2D eigenvalue weighted by Gasteiger charge is 2.43. The minimum absolute atomic E-state index is 0.0663. The molecule has 0 radical (unpaired) electrons. The van der Waals surface area contributed by atoms with Gasteiger partial charge in [-0.15, -0.1) is 0 Å². The van der Waals surface area contributed by atoms with E-state index >= 15 is 0 Å². The maximum absolute atomic E-state index is 14.8. The Morgan fingerprint density at radius 2 is 1.71 bits per heavy atom. The predicted molar refractivity (Wildman–Crippen MR) is 312 cm³/mol. The standard InChI is InChI=1S/C62H77FN12O8/c1-38(65-5)58(77)69-55(62(2,3)4)61(80)74-36-42-31-44(20-18-40(42)32-51(74)59(78)68-48-16-11-14-39-13-9-10-15-45(39)48)83-30-29-82-28-27-81-26-22-53(76)71(7)24-25-75-52-37-72(8)60(79)46-21-19-43(63)34-47(46)49-17-12-23-73(49)50-33-41(35-67-56(50)64)54(52)57(66-6)70-75/h9-10,13,15,18-21,31,33-35,38,48-49,51,55,65H,11-12,14,16-17,22-30,32,36-37H2,1-5,7-8H3,(H2,64,67)(H,68,78)(H,69,77)/t38-,48+,49+,51-,55+/m0/s1. The number of ether oxygens (including phenoxy) is 3. The number of aromatic nitrogens is 3. The zero-order valence-electron chi connectivity index (χ0n) is 48.6. The average Bonchev–Trinajstić information content (AvgIpc) is 4.30. The van der Waals surface area contributed by atoms with E-state index in [4.69, 9.17) is 26.5 Å². The van der Waals surface area contributed by atoms with Gasteiger partial charge in [0.15, 0.2) is 0 Å². The predicted octanol–water partition coefficient (Wildman–Crippen LogP) is 6.69. The molecule has 3 aliphatic heterocycles. The Morgan fingerprint density at radius 3 is 2.48 bits per heavy atom. The lowest BCUT2D eigenvalue weighted by Gasteiger charge is -2.41. The van der Waals surface area contributed by atoms with E-state index in [-0.39, 0.29) is 125 Å². The third kappa shape index (κ3) is 13.5. The van der Waals surface area contributed by atoms with Gasteiger partial charge in [-0.1, -0.05) is 57.7 Å². The number of nitrogens with zero attached hydrogens (tertiary/aromatic N) is 8. The summed E-state index contributed by atoms with van der Waals surface area (Å²) in [5.74, 6) is -0.808. The van der Waals surface area contributed by atoms with E-state index < -0.39 is 29.4 Å². The van der Waals surface area contributed by atoms with Crippen molar-refractivity contribution in [3.63, 3.8) is 0 Å². The summed E-state index contributed by atoms with van der Waals surface area (Å²) in [6.07, 6.45) is 6.18. The van der Waals surface area contributed by atoms with Crippen LogP contribution < -0.4 is 31.3 Å². The molecule has 0 saturated carbocycles. The van der Waals surface area contributed by atoms with Crippen LogP contribution in [-0.4, -0.2) is 144 Å². The molecule has 5 N–H and O–H groups in total. The summed E-state index contributed by atoms with van der Waals surface area (Å²) in [5.41, 5.74) is 13.2. The molecule has 0 unspecified atom stereocenters. The first-order valence-electron chi connectivity index (χ1n) is 28.7. The van der Waals surface area contributed by atoms with Gasteiger partial charge < -0.3 is 60.3 Å². The number of amides is 5. The molecule has 2 bridgehead atoms. The number of likely N-dealkylation sites (N-methyl/N-ethyl adjacent to an activating group) is 2. The number of rotatable bonds is 19. The summed E-state index contributed by atoms with van der Waals surface area (Å²) in [6.45, 7) is 18.0. The van der Waals surface area contributed by atoms with Crippen LogP contribution in [0.2, 0.25) is 0 Å². The topological polar surface area (TPSA) is 223 Å². The van der Waals surface area contributed by atoms with Gasteiger partial charge in [-0.25, -0.2) is 9.37 Å². The van der Waals surface area contributed by atoms with Crippen molar-refractivity contribution in [2.45, 2.75) is 122 Å². The SMILES string of the molecule is [C-]#[N+]c1nn(CCN(C)C(=O)CCOCCOCCOc2ccc3c(c2)CN(C(=O)[C@@H](NC(=O)[C@H](C)NC)C(C)(C)C)[C@H](C(=O)N[C@@H]2CCCc4ccccc42)C3)c2c1-c1cnc(N)c(c1)N1CCC[C@@H]1c1cc(F)ccc1C(=O)N(C)C2. The van der Waals surface area contributed by atoms with Gasteiger partial charge in [0.1, 0.15) is 36.1 Å². The molecule has 440 valence electrons. The van der Waals surface area contributed by atoms with Gasteiger partial charge in [0, 0.05) is 57.5 Å². The van der Waals surface area contributed by atoms with E-state index in [1.807, 2.05) is 57.2 Å². The van der Waals surface area contributed by atoms with Crippen molar-refractivity contribution in [1.82, 2.24) is 45.4 Å². The maximum Gasteiger partial charge on any atom is 0.303 e. The molecule has 21 heteroatoms. The van der Waals surface area contributed by atoms with Gasteiger partial charge in [0.25, 0.3) is 5.91 Å². The molecule has 5 heterocycles. The summed E-state index contributed by atoms with van der Waals surface area (Å²) in [7, 11) is 5.04. The number of hydrogen-bond acceptors (Lipinski definition) is 13. The Bertz CT molecular complexity index is 3260. The quantitative estimate of drug-likeness (QED) is 0.0501. The Labute approximate surface area is 485 Å². The minimum Gasteiger partial charge on any atom is -0.491 e. The zero-order chi connectivity index (χ0) is 59.1. The Hall–Kier alpha value is -7.93. The number of carbonyl (C=O) groups is 5. The molecule has 5 aromatic rings. The second kappa shape index (κ2) is 26.1. The smallest absolute Gasteiger partial charge is 0.303 e. The highest BCUT2D eigenvalue weighted by molar-refractivity contribution is 5.97. The lowest BCUT2D eigenvalue weighted by Crippen LogP contribution is -2.62. The Kier molecular flexibility index (Phi) is 18.8. The molecule has 5 amide bonds. The first-order chi connectivity index (χ1) is 39.8. The van der Waals surface area contributed by atoms with Gasteiger partial charge in [0.05, 0.1) is 75.4 Å². The summed E-state index contributed by atoms with van der Waals surface area (Å²) < 4.78 is 34.2. The molecule has 9 rings (SSSR count). The maximum atomic E-state index is 14.8. The molecule has 4 aliphatic rings. The van der Waals surface area contributed by atoms with Gasteiger partial charge >= 0.3 is 5.82 Å². The lowest BCUT2D eigenvalue weighted by atomic mass is 9.83. The van der Waals surface area contributed by atoms with Crippen molar-refractivity contribution >= 4 is 46.9 Å². The van der Waals surface area contributed by atoms with Crippen molar-refractivity contribution < 1.29 is 42.6 Å². The fourth-order valence-electron chi connectivity index (χ4n) is 11.7. The fourth-order valence-corrected chi connectivity index (χ4v) is 11.7. The molecular weight excluding hydrogens is 1060 g/mol. The highest BCUT2D eigenvalue weighted by atomic mass is 19.1. The molecule has 3 aromatic carbocycles. The number of pyridine rings is 1. The normalized spacial score (nSPS) is 18.2. The first kappa shape index (κ1) is 59.7. The minimum atomic E-state index is -0.908. The number of nitrogen functional groups attached to an aromatic ring is 1. The molecule has 2 aromatic heterocycles. The van der Waals surface area contributed by atoms with Crippen molar-refractivity contribution in [1.29, 1.82) is 0 Å². The molecule has 0 spiro atoms. The number of fused-ring (bicyclic) bond motifs is 10. The van der Waals surface area contributed by atoms with E-state index in [2.05, 4.69) is 47.9 Å². The summed E-state index contributed by atoms with van der Waals surface area (Å²) in [4.78, 5) is 85.1. The van der Waals surface area contributed by atoms with Gasteiger partial charge in [-0.05, 0) is 126 Å². The van der Waals surface area contributed by atoms with E-state index in [0.717, 1.165) is 42.4 Å². The van der Waals surface area contributed by atoms with Crippen molar-refractivity contribution in [2.24, 2.45) is 5.41 Å². The molecule has 1 aliphatic carbocycles. The second-order valence-corrected chi connectivity index (χ2v) is 23.1. The van der Waals surface area contributed by atoms with Crippen LogP contribution in [0, 0.1) is 17.8 Å². The summed E-state index contributed by atoms with van der Waals surface area (Å²) >= 11 is 0. The third-order valence-corrected chi connectivity index (χ3v) is 16.4. The molecule has 20 nitrogen and oxygen atoms in total. The molecule has 83 heavy (non-hydrogen) atoms. The van der Waals surface area contributed by atoms with Crippen LogP contribution in [0.25, 0.3) is 16.0 Å². The van der Waals surface area contributed by atoms with Crippen LogP contribution in [-0.2, 0) is 61.1 Å². The second-order valence-electron chi connectivity index (χ2n) is 23.1. The van der Waals surface area contributed by atoms with E-state index in [1.165, 1.54) is 23.8 Å². The van der Waals surface area contributed by atoms with Crippen LogP contribution in [0.15, 0.2) is 72.9 Å². The fraction of sp³-hybridized carbons (Fsp3) is 0.484. The number of anilines is 2. The number of hydrogen-bond donors (Lipinski definition) is 4. The summed E-state index contributed by atoms with van der Waals surface area (Å²) in [6, 6.07) is 17.3. The summed E-state index contributed by atoms with van der Waals surface area (Å²) in [5, 5.41) is 13.9. The Morgan fingerprint density at radius 1 is 0.940 bits per heavy atom. The Balaban J connectivity index is 0.767. The van der Waals surface area contributed by atoms with Gasteiger partial charge in [0.2, 0.25) is 23.6 Å². The van der Waals surface area contributed by atoms with Crippen LogP contribution in [0.4, 0.5) is 21.7 Å². The van der Waals surface area contributed by atoms with Crippen LogP contribution in [0.3, 0.4) is 0 Å². The number of nitrogens with two attached hydrogens (primary N) is 1. The van der Waals surface area contributed by atoms with E-state index in [0.29, 0.717) is 52.4 Å². The molecule has 1 fully saturated rings. The van der Waals surface area contributed by atoms with Gasteiger partial charge in [-0.2, -0.15) is 4.68 Å². The largest absolute Gasteiger partial charge is 0.491 e. The lowest BCUT2D eigenvalue weighted by molar-refractivity contribution is -0.147. The van der Waals surface area contributed by atoms with Gasteiger partial charge in [-0.3, -0.25) is 24.0 Å². The van der Waals surface area contributed by atoms with Crippen molar-refractivity contribution in [3.8, 4) is 16.9 Å². The number of benzene rings is 3. The number of aryl methyl sites for hydroxylation is 1. The third-order valence-electron chi connectivity index (χ3n) is 16.4. The highest BCUT2D eigenvalue weighted by Crippen LogP contribution is 2.44. The average molecular weight is 1140 g/mol. The van der Waals surface area contributed by atoms with Crippen LogP contribution in [0.1, 0.15) is 116 Å². The first-order valence-corrected chi connectivity index (χ1v) is 28.7.